The standard InChI is InChI=1S/C34H38O6/c1-22(2)32(35)38-20-28(21-39-33(36)23(3)4)19-27-11-13-29(14-12-27)25(7)9-10-26(8)30-15-17-31(18-16-30)40-34(37)24(5)6/h9-15,17,28H,1,3,5,7-8,16,18-21H2,2,4,6H3/b10-9-. The largest absolute Gasteiger partial charge is 0.462 e. The van der Waals surface area contributed by atoms with Crippen molar-refractivity contribution in [3.05, 3.63) is 126 Å². The van der Waals surface area contributed by atoms with E-state index in [1.807, 2.05) is 42.5 Å². The summed E-state index contributed by atoms with van der Waals surface area (Å²) >= 11 is 0. The molecule has 1 aromatic carbocycles. The average Bonchev–Trinajstić information content (AvgIpc) is 2.93. The molecule has 6 nitrogen and oxygen atoms in total. The number of carbonyl (C=O) groups is 3. The lowest BCUT2D eigenvalue weighted by Crippen LogP contribution is -2.23. The van der Waals surface area contributed by atoms with Gasteiger partial charge in [0.2, 0.25) is 0 Å². The Morgan fingerprint density at radius 2 is 1.27 bits per heavy atom. The van der Waals surface area contributed by atoms with E-state index >= 15 is 0 Å². The average molecular weight is 543 g/mol. The Labute approximate surface area is 237 Å². The van der Waals surface area contributed by atoms with Gasteiger partial charge >= 0.3 is 17.9 Å². The van der Waals surface area contributed by atoms with Crippen LogP contribution >= 0.6 is 0 Å². The van der Waals surface area contributed by atoms with E-state index in [-0.39, 0.29) is 19.1 Å². The summed E-state index contributed by atoms with van der Waals surface area (Å²) in [6.07, 6.45) is 9.39. The summed E-state index contributed by atoms with van der Waals surface area (Å²) in [6.45, 7) is 24.1. The lowest BCUT2D eigenvalue weighted by atomic mass is 9.95. The van der Waals surface area contributed by atoms with Gasteiger partial charge in [0.25, 0.3) is 0 Å². The van der Waals surface area contributed by atoms with Crippen molar-refractivity contribution in [1.29, 1.82) is 0 Å². The van der Waals surface area contributed by atoms with Crippen LogP contribution in [0.15, 0.2) is 115 Å². The van der Waals surface area contributed by atoms with E-state index in [0.29, 0.717) is 41.7 Å². The van der Waals surface area contributed by atoms with Crippen LogP contribution < -0.4 is 0 Å². The number of rotatable bonds is 14. The fourth-order valence-electron chi connectivity index (χ4n) is 3.57. The molecule has 0 aliphatic heterocycles. The second-order valence-electron chi connectivity index (χ2n) is 9.90. The van der Waals surface area contributed by atoms with Crippen molar-refractivity contribution in [2.45, 2.75) is 40.0 Å². The van der Waals surface area contributed by atoms with E-state index < -0.39 is 17.9 Å². The smallest absolute Gasteiger partial charge is 0.338 e. The van der Waals surface area contributed by atoms with Crippen LogP contribution in [-0.2, 0) is 35.0 Å². The predicted octanol–water partition coefficient (Wildman–Crippen LogP) is 6.93. The van der Waals surface area contributed by atoms with Crippen LogP contribution in [0.5, 0.6) is 0 Å². The topological polar surface area (TPSA) is 78.9 Å². The first-order valence-corrected chi connectivity index (χ1v) is 13.0. The second-order valence-corrected chi connectivity index (χ2v) is 9.90. The number of carbonyl (C=O) groups excluding carboxylic acids is 3. The van der Waals surface area contributed by atoms with Gasteiger partial charge in [0.1, 0.15) is 5.76 Å². The van der Waals surface area contributed by atoms with Crippen molar-refractivity contribution in [1.82, 2.24) is 0 Å². The Morgan fingerprint density at radius 3 is 1.75 bits per heavy atom. The monoisotopic (exact) mass is 542 g/mol. The number of ether oxygens (including phenoxy) is 3. The summed E-state index contributed by atoms with van der Waals surface area (Å²) in [6, 6.07) is 7.87. The third kappa shape index (κ3) is 10.4. The minimum absolute atomic E-state index is 0.0946. The Kier molecular flexibility index (Phi) is 12.1. The fourth-order valence-corrected chi connectivity index (χ4v) is 3.57. The molecule has 1 aliphatic rings. The molecule has 0 amide bonds. The van der Waals surface area contributed by atoms with Crippen LogP contribution in [-0.4, -0.2) is 31.1 Å². The molecule has 0 unspecified atom stereocenters. The lowest BCUT2D eigenvalue weighted by Gasteiger charge is -2.18. The molecule has 1 aliphatic carbocycles. The van der Waals surface area contributed by atoms with Crippen LogP contribution in [0.1, 0.15) is 44.7 Å². The molecule has 1 aromatic rings. The van der Waals surface area contributed by atoms with Gasteiger partial charge < -0.3 is 14.2 Å². The van der Waals surface area contributed by atoms with Gasteiger partial charge in [-0.1, -0.05) is 75.4 Å². The van der Waals surface area contributed by atoms with E-state index in [1.165, 1.54) is 0 Å². The summed E-state index contributed by atoms with van der Waals surface area (Å²) in [5.74, 6) is -1.00. The first-order valence-electron chi connectivity index (χ1n) is 13.0. The molecule has 40 heavy (non-hydrogen) atoms. The maximum Gasteiger partial charge on any atom is 0.338 e. The molecule has 0 heterocycles. The Hall–Kier alpha value is -4.45. The first-order chi connectivity index (χ1) is 18.9. The molecule has 0 aromatic heterocycles. The normalized spacial score (nSPS) is 12.7. The fraction of sp³-hybridized carbons (Fsp3) is 0.265. The van der Waals surface area contributed by atoms with Crippen molar-refractivity contribution in [2.75, 3.05) is 13.2 Å². The van der Waals surface area contributed by atoms with E-state index in [0.717, 1.165) is 27.8 Å². The molecule has 0 N–H and O–H groups in total. The van der Waals surface area contributed by atoms with E-state index in [2.05, 4.69) is 32.9 Å². The number of benzene rings is 1. The van der Waals surface area contributed by atoms with Gasteiger partial charge in [-0.2, -0.15) is 0 Å². The van der Waals surface area contributed by atoms with Gasteiger partial charge in [0.15, 0.2) is 0 Å². The maximum atomic E-state index is 11.9. The summed E-state index contributed by atoms with van der Waals surface area (Å²) in [4.78, 5) is 35.4. The van der Waals surface area contributed by atoms with Crippen LogP contribution in [0.3, 0.4) is 0 Å². The molecule has 6 heteroatoms. The molecular weight excluding hydrogens is 504 g/mol. The summed E-state index contributed by atoms with van der Waals surface area (Å²) in [7, 11) is 0. The third-order valence-electron chi connectivity index (χ3n) is 6.03. The van der Waals surface area contributed by atoms with E-state index in [9.17, 15) is 14.4 Å². The quantitative estimate of drug-likeness (QED) is 0.110. The second kappa shape index (κ2) is 15.2. The van der Waals surface area contributed by atoms with Crippen LogP contribution in [0.2, 0.25) is 0 Å². The van der Waals surface area contributed by atoms with Gasteiger partial charge in [0, 0.05) is 29.1 Å². The van der Waals surface area contributed by atoms with Crippen LogP contribution in [0.25, 0.3) is 5.57 Å². The summed E-state index contributed by atoms with van der Waals surface area (Å²) in [5.41, 5.74) is 5.65. The van der Waals surface area contributed by atoms with E-state index in [4.69, 9.17) is 14.2 Å². The zero-order valence-electron chi connectivity index (χ0n) is 23.7. The van der Waals surface area contributed by atoms with Crippen molar-refractivity contribution in [3.63, 3.8) is 0 Å². The number of hydrogen-bond acceptors (Lipinski definition) is 6. The lowest BCUT2D eigenvalue weighted by molar-refractivity contribution is -0.144. The highest BCUT2D eigenvalue weighted by Crippen LogP contribution is 2.26. The number of esters is 3. The third-order valence-corrected chi connectivity index (χ3v) is 6.03. The highest BCUT2D eigenvalue weighted by Gasteiger charge is 2.17. The highest BCUT2D eigenvalue weighted by molar-refractivity contribution is 5.88. The molecule has 0 saturated heterocycles. The Bertz CT molecular complexity index is 1270. The SMILES string of the molecule is C=C(C)C(=O)OCC(COC(=O)C(=C)C)Cc1ccc(C(=C)/C=C\C(=C)C2=CC=C(OC(=O)C(=C)C)CC2)cc1. The van der Waals surface area contributed by atoms with Crippen LogP contribution in [0.4, 0.5) is 0 Å². The molecule has 0 spiro atoms. The molecular formula is C34H38O6. The molecule has 0 atom stereocenters. The van der Waals surface area contributed by atoms with Crippen molar-refractivity contribution in [2.24, 2.45) is 5.92 Å². The van der Waals surface area contributed by atoms with Gasteiger partial charge in [-0.15, -0.1) is 0 Å². The van der Waals surface area contributed by atoms with Gasteiger partial charge in [-0.05, 0) is 67.5 Å². The molecule has 0 bridgehead atoms. The van der Waals surface area contributed by atoms with Crippen LogP contribution in [0, 0.1) is 5.92 Å². The zero-order valence-corrected chi connectivity index (χ0v) is 23.7. The summed E-state index contributed by atoms with van der Waals surface area (Å²) in [5, 5.41) is 0. The maximum absolute atomic E-state index is 11.9. The van der Waals surface area contributed by atoms with Gasteiger partial charge in [0.05, 0.1) is 13.2 Å². The molecule has 0 radical (unpaired) electrons. The minimum Gasteiger partial charge on any atom is -0.462 e. The number of hydrogen-bond donors (Lipinski definition) is 0. The van der Waals surface area contributed by atoms with E-state index in [1.54, 1.807) is 26.8 Å². The van der Waals surface area contributed by atoms with Crippen molar-refractivity contribution in [3.8, 4) is 0 Å². The number of allylic oxidation sites excluding steroid dienone is 8. The molecule has 2 rings (SSSR count). The molecule has 0 saturated carbocycles. The van der Waals surface area contributed by atoms with Gasteiger partial charge in [-0.25, -0.2) is 14.4 Å². The van der Waals surface area contributed by atoms with Crippen molar-refractivity contribution >= 4 is 23.5 Å². The molecule has 0 fully saturated rings. The molecule has 210 valence electrons. The zero-order chi connectivity index (χ0) is 29.8. The highest BCUT2D eigenvalue weighted by atomic mass is 16.5. The van der Waals surface area contributed by atoms with Gasteiger partial charge in [-0.3, -0.25) is 0 Å². The predicted molar refractivity (Wildman–Crippen MR) is 159 cm³/mol. The first kappa shape index (κ1) is 31.8. The Balaban J connectivity index is 2.00. The summed E-state index contributed by atoms with van der Waals surface area (Å²) < 4.78 is 15.9. The minimum atomic E-state index is -0.483. The Morgan fingerprint density at radius 1 is 0.750 bits per heavy atom. The van der Waals surface area contributed by atoms with Crippen molar-refractivity contribution < 1.29 is 28.6 Å².